The molecule has 0 bridgehead atoms. The number of rotatable bonds is 15. The summed E-state index contributed by atoms with van der Waals surface area (Å²) in [5.74, 6) is -7.72. The molecule has 1 saturated heterocycles. The third-order valence-electron chi connectivity index (χ3n) is 7.36. The summed E-state index contributed by atoms with van der Waals surface area (Å²) in [6, 6.07) is 8.13. The summed E-state index contributed by atoms with van der Waals surface area (Å²) in [5.41, 5.74) is -0.592. The van der Waals surface area contributed by atoms with Crippen molar-refractivity contribution in [1.82, 2.24) is 5.06 Å². The number of carbonyl (C=O) groups excluding carboxylic acids is 7. The minimum Gasteiger partial charge on any atom is -0.463 e. The summed E-state index contributed by atoms with van der Waals surface area (Å²) in [6.45, 7) is 1.46. The van der Waals surface area contributed by atoms with Crippen LogP contribution in [0, 0.1) is 0 Å². The average molecular weight is 889 g/mol. The van der Waals surface area contributed by atoms with Gasteiger partial charge in [-0.1, -0.05) is 76.7 Å². The molecule has 1 N–H and O–H groups in total. The van der Waals surface area contributed by atoms with Crippen LogP contribution in [0.5, 0.6) is 0 Å². The molecule has 0 saturated carbocycles. The van der Waals surface area contributed by atoms with Gasteiger partial charge in [-0.3, -0.25) is 37.8 Å². The normalized spacial score (nSPS) is 22.0. The quantitative estimate of drug-likeness (QED) is 0.0659. The van der Waals surface area contributed by atoms with Crippen molar-refractivity contribution in [2.45, 2.75) is 71.1 Å². The van der Waals surface area contributed by atoms with E-state index in [9.17, 15) is 43.0 Å². The molecule has 2 heterocycles. The highest BCUT2D eigenvalue weighted by Crippen LogP contribution is 2.48. The number of hydroxylamine groups is 2. The fourth-order valence-corrected chi connectivity index (χ4v) is 6.94. The number of phosphoric ester groups is 1. The fraction of sp³-hybridized carbons (Fsp3) is 0.406. The number of phosphoric acid groups is 1. The molecule has 3 unspecified atom stereocenters. The second-order valence-corrected chi connectivity index (χ2v) is 14.5. The van der Waals surface area contributed by atoms with Gasteiger partial charge in [0.15, 0.2) is 18.3 Å². The highest BCUT2D eigenvalue weighted by Gasteiger charge is 2.55. The molecule has 1 fully saturated rings. The average Bonchev–Trinajstić information content (AvgIpc) is 3.36. The number of hydrogen-bond acceptors (Lipinski definition) is 17. The van der Waals surface area contributed by atoms with Gasteiger partial charge in [-0.2, -0.15) is 0 Å². The van der Waals surface area contributed by atoms with E-state index in [1.165, 1.54) is 0 Å². The first-order chi connectivity index (χ1) is 26.2. The van der Waals surface area contributed by atoms with Gasteiger partial charge in [0.2, 0.25) is 12.4 Å². The Hall–Kier alpha value is -3.88. The van der Waals surface area contributed by atoms with Gasteiger partial charge in [0.25, 0.3) is 11.8 Å². The van der Waals surface area contributed by atoms with Crippen LogP contribution in [-0.4, -0.2) is 102 Å². The molecule has 2 aromatic carbocycles. The largest absolute Gasteiger partial charge is 0.474 e. The third kappa shape index (κ3) is 10.9. The Kier molecular flexibility index (Phi) is 15.2. The molecule has 304 valence electrons. The van der Waals surface area contributed by atoms with Crippen LogP contribution >= 0.6 is 54.2 Å². The van der Waals surface area contributed by atoms with Crippen LogP contribution in [0.4, 0.5) is 0 Å². The van der Waals surface area contributed by atoms with Gasteiger partial charge in [-0.05, 0) is 5.56 Å². The van der Waals surface area contributed by atoms with Crippen LogP contribution in [0.1, 0.15) is 54.0 Å². The standard InChI is InChI=1S/C32H30Cl4NO18P/c1-13(38)47-11-18-26(50-14(2)39)27(51-15(3)40)28(52-16(4)41)32(53-18)55-56(45,46)49-12-19(31(44)48-10-17-8-6-5-7-9-17)54-37-29(42)20-21(30(37)43)23(34)25(36)24(35)22(20)33/h5-9,18-19,26-28,32H,10-12H2,1-4H3,(H,45,46)/t18-,19?,26-,27+,28-,32?/m1/s1. The van der Waals surface area contributed by atoms with Crippen molar-refractivity contribution < 1.29 is 85.3 Å². The van der Waals surface area contributed by atoms with Crippen LogP contribution in [0.15, 0.2) is 30.3 Å². The summed E-state index contributed by atoms with van der Waals surface area (Å²) >= 11 is 24.5. The van der Waals surface area contributed by atoms with Crippen LogP contribution < -0.4 is 0 Å². The molecule has 0 aromatic heterocycles. The maximum Gasteiger partial charge on any atom is 0.474 e. The lowest BCUT2D eigenvalue weighted by Crippen LogP contribution is -2.62. The van der Waals surface area contributed by atoms with E-state index in [2.05, 4.69) is 0 Å². The van der Waals surface area contributed by atoms with E-state index in [-0.39, 0.29) is 21.7 Å². The number of esters is 5. The van der Waals surface area contributed by atoms with Crippen molar-refractivity contribution >= 4 is 95.9 Å². The zero-order valence-corrected chi connectivity index (χ0v) is 33.2. The molecule has 24 heteroatoms. The van der Waals surface area contributed by atoms with E-state index >= 15 is 0 Å². The van der Waals surface area contributed by atoms with Crippen LogP contribution in [-0.2, 0) is 77.5 Å². The van der Waals surface area contributed by atoms with Crippen molar-refractivity contribution in [2.24, 2.45) is 0 Å². The number of hydrogen-bond donors (Lipinski definition) is 1. The number of carbonyl (C=O) groups is 7. The second kappa shape index (κ2) is 19.0. The molecular formula is C32H30Cl4NO18P. The number of nitrogens with zero attached hydrogens (tertiary/aromatic N) is 1. The number of halogens is 4. The zero-order valence-electron chi connectivity index (χ0n) is 29.3. The van der Waals surface area contributed by atoms with Crippen molar-refractivity contribution in [2.75, 3.05) is 13.2 Å². The Morgan fingerprint density at radius 1 is 0.768 bits per heavy atom. The van der Waals surface area contributed by atoms with Crippen molar-refractivity contribution in [3.63, 3.8) is 0 Å². The highest BCUT2D eigenvalue weighted by molar-refractivity contribution is 7.47. The van der Waals surface area contributed by atoms with E-state index < -0.39 is 121 Å². The monoisotopic (exact) mass is 887 g/mol. The lowest BCUT2D eigenvalue weighted by molar-refractivity contribution is -0.291. The summed E-state index contributed by atoms with van der Waals surface area (Å²) in [5, 5.41) is -1.64. The van der Waals surface area contributed by atoms with Crippen molar-refractivity contribution in [1.29, 1.82) is 0 Å². The molecule has 56 heavy (non-hydrogen) atoms. The molecule has 0 aliphatic carbocycles. The zero-order chi connectivity index (χ0) is 41.6. The highest BCUT2D eigenvalue weighted by atomic mass is 35.5. The molecule has 0 radical (unpaired) electrons. The predicted molar refractivity (Wildman–Crippen MR) is 187 cm³/mol. The maximum atomic E-state index is 13.5. The first-order valence-electron chi connectivity index (χ1n) is 15.8. The molecular weight excluding hydrogens is 859 g/mol. The summed E-state index contributed by atoms with van der Waals surface area (Å²) in [4.78, 5) is 104. The lowest BCUT2D eigenvalue weighted by atomic mass is 9.98. The third-order valence-corrected chi connectivity index (χ3v) is 10.1. The fourth-order valence-electron chi connectivity index (χ4n) is 5.11. The van der Waals surface area contributed by atoms with E-state index in [4.69, 9.17) is 88.7 Å². The smallest absolute Gasteiger partial charge is 0.463 e. The summed E-state index contributed by atoms with van der Waals surface area (Å²) in [6.07, 6.45) is -11.4. The van der Waals surface area contributed by atoms with E-state index in [0.717, 1.165) is 27.7 Å². The van der Waals surface area contributed by atoms with Gasteiger partial charge >= 0.3 is 37.7 Å². The second-order valence-electron chi connectivity index (χ2n) is 11.5. The van der Waals surface area contributed by atoms with Gasteiger partial charge in [0.1, 0.15) is 19.3 Å². The van der Waals surface area contributed by atoms with Gasteiger partial charge in [-0.15, -0.1) is 5.06 Å². The number of ether oxygens (including phenoxy) is 6. The Bertz CT molecular complexity index is 1900. The Balaban J connectivity index is 1.63. The van der Waals surface area contributed by atoms with Crippen LogP contribution in [0.25, 0.3) is 0 Å². The number of imide groups is 1. The number of amides is 2. The van der Waals surface area contributed by atoms with Gasteiger partial charge in [0.05, 0.1) is 37.8 Å². The van der Waals surface area contributed by atoms with Crippen LogP contribution in [0.2, 0.25) is 20.1 Å². The van der Waals surface area contributed by atoms with Gasteiger partial charge < -0.3 is 33.3 Å². The molecule has 4 rings (SSSR count). The molecule has 2 aliphatic rings. The minimum absolute atomic E-state index is 0.0511. The molecule has 7 atom stereocenters. The Morgan fingerprint density at radius 3 is 1.80 bits per heavy atom. The minimum atomic E-state index is -5.57. The number of benzene rings is 2. The molecule has 19 nitrogen and oxygen atoms in total. The topological polar surface area (TPSA) is 243 Å². The first kappa shape index (κ1) is 44.8. The van der Waals surface area contributed by atoms with E-state index in [1.54, 1.807) is 30.3 Å². The predicted octanol–water partition coefficient (Wildman–Crippen LogP) is 4.16. The molecule has 2 aromatic rings. The molecule has 0 spiro atoms. The number of fused-ring (bicyclic) bond motifs is 1. The van der Waals surface area contributed by atoms with Crippen molar-refractivity contribution in [3.8, 4) is 0 Å². The Labute approximate surface area is 336 Å². The van der Waals surface area contributed by atoms with Gasteiger partial charge in [-0.25, -0.2) is 14.2 Å². The first-order valence-corrected chi connectivity index (χ1v) is 18.8. The van der Waals surface area contributed by atoms with Crippen LogP contribution in [0.3, 0.4) is 0 Å². The summed E-state index contributed by atoms with van der Waals surface area (Å²) < 4.78 is 55.2. The Morgan fingerprint density at radius 2 is 1.29 bits per heavy atom. The lowest BCUT2D eigenvalue weighted by Gasteiger charge is -2.44. The van der Waals surface area contributed by atoms with Crippen molar-refractivity contribution in [3.05, 3.63) is 67.1 Å². The molecule has 2 aliphatic heterocycles. The SMILES string of the molecule is CC(=O)OC[C@H]1OC(OP(=O)(O)OCC(ON2C(=O)c3c(Cl)c(Cl)c(Cl)c(Cl)c3C2=O)C(=O)OCc2ccccc2)[C@H](OC(C)=O)[C@@H](OC(C)=O)[C@@H]1OC(C)=O. The van der Waals surface area contributed by atoms with Gasteiger partial charge in [0, 0.05) is 27.7 Å². The van der Waals surface area contributed by atoms with E-state index in [0.29, 0.717) is 5.56 Å². The maximum absolute atomic E-state index is 13.5. The summed E-state index contributed by atoms with van der Waals surface area (Å²) in [7, 11) is -5.57. The van der Waals surface area contributed by atoms with E-state index in [1.807, 2.05) is 0 Å². The molecule has 2 amide bonds.